The number of halogens is 1. The maximum Gasteiger partial charge on any atom is 0.195 e. The molecule has 1 aromatic carbocycles. The Labute approximate surface area is 113 Å². The number of rotatable bonds is 2. The third kappa shape index (κ3) is 2.26. The van der Waals surface area contributed by atoms with Gasteiger partial charge in [0.2, 0.25) is 0 Å². The Balaban J connectivity index is 1.77. The maximum absolute atomic E-state index is 4.46. The maximum atomic E-state index is 4.46. The smallest absolute Gasteiger partial charge is 0.195 e. The van der Waals surface area contributed by atoms with E-state index >= 15 is 0 Å². The Kier molecular flexibility index (Phi) is 3.06. The molecule has 3 rings (SSSR count). The first-order valence-corrected chi connectivity index (χ1v) is 6.46. The molecule has 5 heteroatoms. The first-order chi connectivity index (χ1) is 8.83. The second kappa shape index (κ2) is 4.86. The van der Waals surface area contributed by atoms with Crippen LogP contribution < -0.4 is 5.32 Å². The van der Waals surface area contributed by atoms with Crippen LogP contribution in [0.3, 0.4) is 0 Å². The third-order valence-electron chi connectivity index (χ3n) is 2.78. The fourth-order valence-corrected chi connectivity index (χ4v) is 2.09. The highest BCUT2D eigenvalue weighted by atomic mass is 79.9. The Bertz CT molecular complexity index is 565. The van der Waals surface area contributed by atoms with Crippen molar-refractivity contribution < 1.29 is 0 Å². The van der Waals surface area contributed by atoms with Gasteiger partial charge in [0, 0.05) is 12.4 Å². The molecule has 0 amide bonds. The van der Waals surface area contributed by atoms with Crippen LogP contribution in [-0.4, -0.2) is 22.3 Å². The summed E-state index contributed by atoms with van der Waals surface area (Å²) in [6.45, 7) is 0.721. The Morgan fingerprint density at radius 1 is 1.11 bits per heavy atom. The molecule has 0 unspecified atom stereocenters. The molecule has 0 bridgehead atoms. The molecule has 0 spiro atoms. The summed E-state index contributed by atoms with van der Waals surface area (Å²) in [5.41, 5.74) is 1.23. The first kappa shape index (κ1) is 11.3. The first-order valence-electron chi connectivity index (χ1n) is 5.67. The SMILES string of the molecule is Brc1cnc(C2=NC[C@H](c3ccccc3)N2)nc1. The van der Waals surface area contributed by atoms with E-state index in [1.54, 1.807) is 12.4 Å². The summed E-state index contributed by atoms with van der Waals surface area (Å²) in [6, 6.07) is 10.5. The summed E-state index contributed by atoms with van der Waals surface area (Å²) in [5, 5.41) is 3.35. The van der Waals surface area contributed by atoms with Gasteiger partial charge in [-0.05, 0) is 21.5 Å². The highest BCUT2D eigenvalue weighted by molar-refractivity contribution is 9.10. The lowest BCUT2D eigenvalue weighted by Crippen LogP contribution is -2.25. The van der Waals surface area contributed by atoms with Crippen molar-refractivity contribution in [1.82, 2.24) is 15.3 Å². The normalized spacial score (nSPS) is 18.3. The van der Waals surface area contributed by atoms with Crippen LogP contribution in [0.1, 0.15) is 17.4 Å². The summed E-state index contributed by atoms with van der Waals surface area (Å²) in [5.74, 6) is 1.40. The van der Waals surface area contributed by atoms with Crippen molar-refractivity contribution >= 4 is 21.8 Å². The molecular formula is C13H11BrN4. The standard InChI is InChI=1S/C13H11BrN4/c14-10-6-15-12(16-7-10)13-17-8-11(18-13)9-4-2-1-3-5-9/h1-7,11H,8H2,(H,17,18)/t11-/m1/s1. The summed E-state index contributed by atoms with van der Waals surface area (Å²) in [7, 11) is 0. The van der Waals surface area contributed by atoms with Gasteiger partial charge in [0.1, 0.15) is 0 Å². The van der Waals surface area contributed by atoms with Crippen molar-refractivity contribution in [2.75, 3.05) is 6.54 Å². The van der Waals surface area contributed by atoms with Gasteiger partial charge in [-0.15, -0.1) is 0 Å². The molecule has 0 aliphatic carbocycles. The molecule has 0 radical (unpaired) electrons. The molecule has 1 aliphatic rings. The van der Waals surface area contributed by atoms with Crippen LogP contribution >= 0.6 is 15.9 Å². The number of hydrogen-bond acceptors (Lipinski definition) is 4. The van der Waals surface area contributed by atoms with E-state index < -0.39 is 0 Å². The molecule has 1 atom stereocenters. The predicted octanol–water partition coefficient (Wildman–Crippen LogP) is 2.33. The van der Waals surface area contributed by atoms with Crippen molar-refractivity contribution in [3.8, 4) is 0 Å². The van der Waals surface area contributed by atoms with Gasteiger partial charge in [-0.1, -0.05) is 30.3 Å². The second-order valence-electron chi connectivity index (χ2n) is 4.02. The second-order valence-corrected chi connectivity index (χ2v) is 4.94. The number of aromatic nitrogens is 2. The number of amidine groups is 1. The quantitative estimate of drug-likeness (QED) is 0.926. The minimum absolute atomic E-state index is 0.216. The molecule has 4 nitrogen and oxygen atoms in total. The van der Waals surface area contributed by atoms with Crippen molar-refractivity contribution in [3.63, 3.8) is 0 Å². The lowest BCUT2D eigenvalue weighted by atomic mass is 10.1. The summed E-state index contributed by atoms with van der Waals surface area (Å²) in [6.07, 6.45) is 3.45. The minimum Gasteiger partial charge on any atom is -0.359 e. The van der Waals surface area contributed by atoms with Crippen molar-refractivity contribution in [2.24, 2.45) is 4.99 Å². The van der Waals surface area contributed by atoms with E-state index in [1.807, 2.05) is 18.2 Å². The van der Waals surface area contributed by atoms with Crippen LogP contribution in [0.15, 0.2) is 52.2 Å². The molecule has 1 N–H and O–H groups in total. The zero-order valence-electron chi connectivity index (χ0n) is 9.55. The lowest BCUT2D eigenvalue weighted by molar-refractivity contribution is 0.708. The van der Waals surface area contributed by atoms with Gasteiger partial charge in [0.05, 0.1) is 17.1 Å². The van der Waals surface area contributed by atoms with Crippen LogP contribution in [0.2, 0.25) is 0 Å². The molecule has 0 saturated carbocycles. The van der Waals surface area contributed by atoms with E-state index in [4.69, 9.17) is 0 Å². The minimum atomic E-state index is 0.216. The molecule has 0 saturated heterocycles. The summed E-state index contributed by atoms with van der Waals surface area (Å²) < 4.78 is 0.865. The monoisotopic (exact) mass is 302 g/mol. The average Bonchev–Trinajstić information content (AvgIpc) is 2.90. The molecule has 2 heterocycles. The van der Waals surface area contributed by atoms with Gasteiger partial charge >= 0.3 is 0 Å². The van der Waals surface area contributed by atoms with Crippen molar-refractivity contribution in [2.45, 2.75) is 6.04 Å². The van der Waals surface area contributed by atoms with Crippen LogP contribution in [0.4, 0.5) is 0 Å². The van der Waals surface area contributed by atoms with E-state index in [0.29, 0.717) is 5.82 Å². The van der Waals surface area contributed by atoms with Crippen molar-refractivity contribution in [1.29, 1.82) is 0 Å². The van der Waals surface area contributed by atoms with Crippen LogP contribution in [-0.2, 0) is 0 Å². The van der Waals surface area contributed by atoms with Crippen LogP contribution in [0, 0.1) is 0 Å². The predicted molar refractivity (Wildman–Crippen MR) is 73.5 cm³/mol. The Morgan fingerprint density at radius 3 is 2.56 bits per heavy atom. The van der Waals surface area contributed by atoms with E-state index in [1.165, 1.54) is 5.56 Å². The van der Waals surface area contributed by atoms with Gasteiger partial charge in [0.15, 0.2) is 11.7 Å². The molecular weight excluding hydrogens is 292 g/mol. The lowest BCUT2D eigenvalue weighted by Gasteiger charge is -2.11. The number of aliphatic imine (C=N–C) groups is 1. The van der Waals surface area contributed by atoms with Gasteiger partial charge in [-0.2, -0.15) is 0 Å². The topological polar surface area (TPSA) is 50.2 Å². The van der Waals surface area contributed by atoms with E-state index in [0.717, 1.165) is 16.9 Å². The summed E-state index contributed by atoms with van der Waals surface area (Å²) >= 11 is 3.32. The van der Waals surface area contributed by atoms with E-state index in [9.17, 15) is 0 Å². The van der Waals surface area contributed by atoms with Crippen LogP contribution in [0.25, 0.3) is 0 Å². The number of hydrogen-bond donors (Lipinski definition) is 1. The fourth-order valence-electron chi connectivity index (χ4n) is 1.88. The van der Waals surface area contributed by atoms with Crippen LogP contribution in [0.5, 0.6) is 0 Å². The summed E-state index contributed by atoms with van der Waals surface area (Å²) in [4.78, 5) is 12.9. The van der Waals surface area contributed by atoms with E-state index in [-0.39, 0.29) is 6.04 Å². The largest absolute Gasteiger partial charge is 0.359 e. The van der Waals surface area contributed by atoms with Gasteiger partial charge < -0.3 is 5.32 Å². The van der Waals surface area contributed by atoms with Gasteiger partial charge in [-0.25, -0.2) is 9.97 Å². The molecule has 1 aliphatic heterocycles. The third-order valence-corrected chi connectivity index (χ3v) is 3.19. The zero-order valence-corrected chi connectivity index (χ0v) is 11.1. The highest BCUT2D eigenvalue weighted by Gasteiger charge is 2.21. The van der Waals surface area contributed by atoms with Crippen molar-refractivity contribution in [3.05, 3.63) is 58.6 Å². The molecule has 1 aromatic heterocycles. The molecule has 0 fully saturated rings. The fraction of sp³-hybridized carbons (Fsp3) is 0.154. The highest BCUT2D eigenvalue weighted by Crippen LogP contribution is 2.18. The van der Waals surface area contributed by atoms with E-state index in [2.05, 4.69) is 48.3 Å². The number of nitrogens with zero attached hydrogens (tertiary/aromatic N) is 3. The zero-order chi connectivity index (χ0) is 12.4. The Morgan fingerprint density at radius 2 is 1.83 bits per heavy atom. The molecule has 18 heavy (non-hydrogen) atoms. The molecule has 90 valence electrons. The number of benzene rings is 1. The van der Waals surface area contributed by atoms with Gasteiger partial charge in [0.25, 0.3) is 0 Å². The average molecular weight is 303 g/mol. The molecule has 2 aromatic rings. The van der Waals surface area contributed by atoms with Gasteiger partial charge in [-0.3, -0.25) is 4.99 Å². The Hall–Kier alpha value is -1.75. The number of nitrogens with one attached hydrogen (secondary N) is 1.